The highest BCUT2D eigenvalue weighted by Gasteiger charge is 1.83. The Labute approximate surface area is 65.5 Å². The molecule has 56 valence electrons. The first-order valence-electron chi connectivity index (χ1n) is 3.03. The molecular formula is C7H12OP2. The summed E-state index contributed by atoms with van der Waals surface area (Å²) in [6.07, 6.45) is 3.24. The minimum atomic E-state index is 0.101. The van der Waals surface area contributed by atoms with E-state index in [2.05, 4.69) is 0 Å². The summed E-state index contributed by atoms with van der Waals surface area (Å²) in [5.41, 5.74) is 0. The van der Waals surface area contributed by atoms with Crippen LogP contribution in [-0.4, -0.2) is 19.1 Å². The SMILES string of the molecule is CPC=CC(=O)C=CPC. The van der Waals surface area contributed by atoms with Gasteiger partial charge in [0.2, 0.25) is 0 Å². The molecule has 0 aromatic rings. The molecule has 0 aliphatic carbocycles. The molecule has 0 aromatic carbocycles. The molecule has 0 saturated heterocycles. The number of allylic oxidation sites excluding steroid dienone is 2. The number of ketones is 1. The van der Waals surface area contributed by atoms with Gasteiger partial charge >= 0.3 is 0 Å². The van der Waals surface area contributed by atoms with Crippen LogP contribution in [0, 0.1) is 0 Å². The van der Waals surface area contributed by atoms with Crippen molar-refractivity contribution in [3.63, 3.8) is 0 Å². The molecule has 3 heteroatoms. The summed E-state index contributed by atoms with van der Waals surface area (Å²) in [7, 11) is 1.45. The molecular weight excluding hydrogens is 162 g/mol. The van der Waals surface area contributed by atoms with E-state index >= 15 is 0 Å². The third kappa shape index (κ3) is 6.13. The van der Waals surface area contributed by atoms with Gasteiger partial charge in [0.05, 0.1) is 0 Å². The lowest BCUT2D eigenvalue weighted by Gasteiger charge is -1.80. The second kappa shape index (κ2) is 7.12. The van der Waals surface area contributed by atoms with E-state index in [0.717, 1.165) is 17.2 Å². The Morgan fingerprint density at radius 2 is 1.50 bits per heavy atom. The van der Waals surface area contributed by atoms with Gasteiger partial charge in [-0.2, -0.15) is 0 Å². The van der Waals surface area contributed by atoms with Gasteiger partial charge in [0.1, 0.15) is 0 Å². The molecule has 0 fully saturated rings. The molecule has 0 amide bonds. The average molecular weight is 174 g/mol. The molecule has 0 N–H and O–H groups in total. The lowest BCUT2D eigenvalue weighted by Crippen LogP contribution is -1.81. The van der Waals surface area contributed by atoms with Crippen molar-refractivity contribution in [3.05, 3.63) is 23.8 Å². The molecule has 0 aromatic heterocycles. The Bertz CT molecular complexity index is 134. The molecule has 0 aliphatic rings. The summed E-state index contributed by atoms with van der Waals surface area (Å²) in [5.74, 6) is 3.89. The molecule has 2 unspecified atom stereocenters. The molecule has 0 spiro atoms. The predicted molar refractivity (Wildman–Crippen MR) is 51.8 cm³/mol. The van der Waals surface area contributed by atoms with E-state index in [-0.39, 0.29) is 5.78 Å². The Balaban J connectivity index is 3.63. The van der Waals surface area contributed by atoms with Crippen molar-refractivity contribution in [3.8, 4) is 0 Å². The number of carbonyl (C=O) groups is 1. The first-order chi connectivity index (χ1) is 4.81. The maximum atomic E-state index is 10.8. The maximum Gasteiger partial charge on any atom is 0.178 e. The molecule has 0 heterocycles. The number of carbonyl (C=O) groups excluding carboxylic acids is 1. The fourth-order valence-electron chi connectivity index (χ4n) is 0.386. The van der Waals surface area contributed by atoms with Crippen molar-refractivity contribution in [1.29, 1.82) is 0 Å². The van der Waals surface area contributed by atoms with Crippen LogP contribution in [0.5, 0.6) is 0 Å². The third-order valence-electron chi connectivity index (χ3n) is 0.829. The summed E-state index contributed by atoms with van der Waals surface area (Å²) in [6.45, 7) is 4.07. The van der Waals surface area contributed by atoms with Crippen LogP contribution in [0.15, 0.2) is 23.8 Å². The average Bonchev–Trinajstić information content (AvgIpc) is 1.97. The Kier molecular flexibility index (Phi) is 7.13. The van der Waals surface area contributed by atoms with Crippen LogP contribution >= 0.6 is 17.2 Å². The first kappa shape index (κ1) is 10.0. The molecule has 0 aliphatic heterocycles. The standard InChI is InChI=1S/C7H12OP2/c1-9-5-3-7(8)4-6-10-2/h3-6,9-10H,1-2H3. The predicted octanol–water partition coefficient (Wildman–Crippen LogP) is 2.20. The van der Waals surface area contributed by atoms with Crippen LogP contribution in [0.2, 0.25) is 0 Å². The minimum absolute atomic E-state index is 0.101. The lowest BCUT2D eigenvalue weighted by atomic mass is 10.4. The van der Waals surface area contributed by atoms with Crippen LogP contribution in [0.4, 0.5) is 0 Å². The Morgan fingerprint density at radius 3 is 1.80 bits per heavy atom. The number of hydrogen-bond donors (Lipinski definition) is 0. The lowest BCUT2D eigenvalue weighted by molar-refractivity contribution is -0.110. The fourth-order valence-corrected chi connectivity index (χ4v) is 1.05. The van der Waals surface area contributed by atoms with Crippen LogP contribution in [-0.2, 0) is 4.79 Å². The van der Waals surface area contributed by atoms with Crippen LogP contribution < -0.4 is 0 Å². The smallest absolute Gasteiger partial charge is 0.178 e. The quantitative estimate of drug-likeness (QED) is 0.471. The van der Waals surface area contributed by atoms with Crippen molar-refractivity contribution >= 4 is 22.9 Å². The fraction of sp³-hybridized carbons (Fsp3) is 0.286. The van der Waals surface area contributed by atoms with Crippen molar-refractivity contribution in [1.82, 2.24) is 0 Å². The molecule has 1 nitrogen and oxygen atoms in total. The van der Waals surface area contributed by atoms with E-state index < -0.39 is 0 Å². The second-order valence-electron chi connectivity index (χ2n) is 1.65. The Morgan fingerprint density at radius 1 is 1.10 bits per heavy atom. The van der Waals surface area contributed by atoms with Gasteiger partial charge in [-0.3, -0.25) is 4.79 Å². The second-order valence-corrected chi connectivity index (χ2v) is 3.47. The van der Waals surface area contributed by atoms with Gasteiger partial charge in [-0.15, -0.1) is 17.2 Å². The molecule has 0 radical (unpaired) electrons. The zero-order valence-corrected chi connectivity index (χ0v) is 8.22. The zero-order valence-electron chi connectivity index (χ0n) is 6.22. The van der Waals surface area contributed by atoms with E-state index in [1.54, 1.807) is 12.2 Å². The normalized spacial score (nSPS) is 13.8. The summed E-state index contributed by atoms with van der Waals surface area (Å²) < 4.78 is 0. The minimum Gasteiger partial charge on any atom is -0.290 e. The topological polar surface area (TPSA) is 17.1 Å². The van der Waals surface area contributed by atoms with Gasteiger partial charge in [-0.05, 0) is 25.5 Å². The monoisotopic (exact) mass is 174 g/mol. The molecule has 0 bridgehead atoms. The van der Waals surface area contributed by atoms with Gasteiger partial charge in [0.15, 0.2) is 5.78 Å². The van der Waals surface area contributed by atoms with Gasteiger partial charge in [-0.25, -0.2) is 0 Å². The number of hydrogen-bond acceptors (Lipinski definition) is 1. The van der Waals surface area contributed by atoms with Crippen LogP contribution in [0.25, 0.3) is 0 Å². The van der Waals surface area contributed by atoms with Crippen LogP contribution in [0.3, 0.4) is 0 Å². The summed E-state index contributed by atoms with van der Waals surface area (Å²) >= 11 is 0. The van der Waals surface area contributed by atoms with Gasteiger partial charge in [0.25, 0.3) is 0 Å². The summed E-state index contributed by atoms with van der Waals surface area (Å²) in [5, 5.41) is 0. The van der Waals surface area contributed by atoms with Crippen LogP contribution in [0.1, 0.15) is 0 Å². The third-order valence-corrected chi connectivity index (χ3v) is 1.83. The Hall–Kier alpha value is 0.01000. The van der Waals surface area contributed by atoms with E-state index in [0.29, 0.717) is 0 Å². The van der Waals surface area contributed by atoms with E-state index in [9.17, 15) is 4.79 Å². The molecule has 10 heavy (non-hydrogen) atoms. The van der Waals surface area contributed by atoms with Crippen molar-refractivity contribution in [2.75, 3.05) is 13.3 Å². The van der Waals surface area contributed by atoms with E-state index in [1.807, 2.05) is 25.0 Å². The number of rotatable bonds is 4. The largest absolute Gasteiger partial charge is 0.290 e. The molecule has 2 atom stereocenters. The highest BCUT2D eigenvalue weighted by Crippen LogP contribution is 2.05. The highest BCUT2D eigenvalue weighted by molar-refractivity contribution is 7.41. The first-order valence-corrected chi connectivity index (χ1v) is 6.18. The summed E-state index contributed by atoms with van der Waals surface area (Å²) in [6, 6.07) is 0. The van der Waals surface area contributed by atoms with E-state index in [1.165, 1.54) is 0 Å². The van der Waals surface area contributed by atoms with Gasteiger partial charge in [-0.1, -0.05) is 11.6 Å². The van der Waals surface area contributed by atoms with Gasteiger partial charge in [0, 0.05) is 0 Å². The molecule has 0 saturated carbocycles. The van der Waals surface area contributed by atoms with Gasteiger partial charge < -0.3 is 0 Å². The zero-order chi connectivity index (χ0) is 7.82. The summed E-state index contributed by atoms with van der Waals surface area (Å²) in [4.78, 5) is 10.8. The van der Waals surface area contributed by atoms with E-state index in [4.69, 9.17) is 0 Å². The molecule has 0 rings (SSSR count). The van der Waals surface area contributed by atoms with Crippen molar-refractivity contribution in [2.45, 2.75) is 0 Å². The van der Waals surface area contributed by atoms with Crippen molar-refractivity contribution < 1.29 is 4.79 Å². The maximum absolute atomic E-state index is 10.8. The van der Waals surface area contributed by atoms with Crippen molar-refractivity contribution in [2.24, 2.45) is 0 Å². The highest BCUT2D eigenvalue weighted by atomic mass is 31.1.